The van der Waals surface area contributed by atoms with Crippen LogP contribution in [0.1, 0.15) is 30.2 Å². The fraction of sp³-hybridized carbons (Fsp3) is 0.458. The summed E-state index contributed by atoms with van der Waals surface area (Å²) in [5.74, 6) is 1.63. The molecule has 1 saturated heterocycles. The number of aromatic nitrogens is 1. The molecule has 1 aliphatic heterocycles. The van der Waals surface area contributed by atoms with Gasteiger partial charge in [0.15, 0.2) is 5.96 Å². The number of rotatable bonds is 8. The van der Waals surface area contributed by atoms with Crippen molar-refractivity contribution in [3.05, 3.63) is 58.4 Å². The van der Waals surface area contributed by atoms with Gasteiger partial charge in [-0.15, -0.1) is 11.3 Å². The Morgan fingerprint density at radius 2 is 2.03 bits per heavy atom. The smallest absolute Gasteiger partial charge is 0.191 e. The van der Waals surface area contributed by atoms with Crippen LogP contribution in [0.2, 0.25) is 0 Å². The van der Waals surface area contributed by atoms with Gasteiger partial charge in [0.2, 0.25) is 0 Å². The zero-order valence-corrected chi connectivity index (χ0v) is 18.7. The largest absolute Gasteiger partial charge is 0.361 e. The van der Waals surface area contributed by atoms with Crippen molar-refractivity contribution < 1.29 is 0 Å². The average Bonchev–Trinajstić information content (AvgIpc) is 3.43. The molecule has 0 unspecified atom stereocenters. The molecule has 1 fully saturated rings. The summed E-state index contributed by atoms with van der Waals surface area (Å²) in [4.78, 5) is 12.3. The van der Waals surface area contributed by atoms with Crippen molar-refractivity contribution in [2.75, 3.05) is 32.7 Å². The van der Waals surface area contributed by atoms with Crippen LogP contribution in [0.4, 0.5) is 0 Å². The SMILES string of the molecule is CCNC(=NCC1CCN(Cc2cccs2)CC1)NCCc1c[nH]c2ccccc12. The van der Waals surface area contributed by atoms with Crippen molar-refractivity contribution in [3.63, 3.8) is 0 Å². The van der Waals surface area contributed by atoms with Gasteiger partial charge in [0.05, 0.1) is 0 Å². The number of hydrogen-bond acceptors (Lipinski definition) is 3. The lowest BCUT2D eigenvalue weighted by Crippen LogP contribution is -2.39. The van der Waals surface area contributed by atoms with E-state index in [4.69, 9.17) is 4.99 Å². The summed E-state index contributed by atoms with van der Waals surface area (Å²) in [6.07, 6.45) is 5.59. The van der Waals surface area contributed by atoms with E-state index in [1.54, 1.807) is 0 Å². The number of thiophene rings is 1. The van der Waals surface area contributed by atoms with Gasteiger partial charge in [0, 0.05) is 48.2 Å². The molecular formula is C24H33N5S. The van der Waals surface area contributed by atoms with E-state index in [9.17, 15) is 0 Å². The zero-order valence-electron chi connectivity index (χ0n) is 17.9. The number of aliphatic imine (C=N–C) groups is 1. The molecule has 1 aromatic carbocycles. The summed E-state index contributed by atoms with van der Waals surface area (Å²) < 4.78 is 0. The summed E-state index contributed by atoms with van der Waals surface area (Å²) in [5, 5.41) is 10.4. The third kappa shape index (κ3) is 5.64. The van der Waals surface area contributed by atoms with Crippen LogP contribution >= 0.6 is 11.3 Å². The number of benzene rings is 1. The van der Waals surface area contributed by atoms with Gasteiger partial charge in [-0.25, -0.2) is 0 Å². The van der Waals surface area contributed by atoms with E-state index in [-0.39, 0.29) is 0 Å². The first-order valence-corrected chi connectivity index (χ1v) is 12.0. The number of fused-ring (bicyclic) bond motifs is 1. The lowest BCUT2D eigenvalue weighted by Gasteiger charge is -2.31. The molecule has 3 aromatic rings. The number of piperidine rings is 1. The zero-order chi connectivity index (χ0) is 20.6. The Hall–Kier alpha value is -2.31. The summed E-state index contributed by atoms with van der Waals surface area (Å²) in [7, 11) is 0. The molecule has 0 radical (unpaired) electrons. The molecular weight excluding hydrogens is 390 g/mol. The molecule has 0 saturated carbocycles. The first kappa shape index (κ1) is 20.9. The predicted molar refractivity (Wildman–Crippen MR) is 128 cm³/mol. The number of guanidine groups is 1. The Bertz CT molecular complexity index is 922. The number of nitrogens with zero attached hydrogens (tertiary/aromatic N) is 2. The molecule has 0 amide bonds. The minimum Gasteiger partial charge on any atom is -0.361 e. The van der Waals surface area contributed by atoms with Gasteiger partial charge in [-0.2, -0.15) is 0 Å². The fourth-order valence-corrected chi connectivity index (χ4v) is 4.91. The highest BCUT2D eigenvalue weighted by Crippen LogP contribution is 2.21. The number of likely N-dealkylation sites (tertiary alicyclic amines) is 1. The van der Waals surface area contributed by atoms with E-state index >= 15 is 0 Å². The van der Waals surface area contributed by atoms with Crippen LogP contribution in [0.5, 0.6) is 0 Å². The van der Waals surface area contributed by atoms with Gasteiger partial charge in [-0.1, -0.05) is 24.3 Å². The monoisotopic (exact) mass is 423 g/mol. The van der Waals surface area contributed by atoms with Crippen LogP contribution in [-0.4, -0.2) is 48.6 Å². The van der Waals surface area contributed by atoms with E-state index < -0.39 is 0 Å². The van der Waals surface area contributed by atoms with Crippen LogP contribution in [0.25, 0.3) is 10.9 Å². The van der Waals surface area contributed by atoms with Crippen molar-refractivity contribution in [1.29, 1.82) is 0 Å². The number of aromatic amines is 1. The van der Waals surface area contributed by atoms with E-state index in [0.29, 0.717) is 5.92 Å². The minimum atomic E-state index is 0.689. The molecule has 0 atom stereocenters. The molecule has 3 N–H and O–H groups in total. The molecule has 2 aromatic heterocycles. The highest BCUT2D eigenvalue weighted by Gasteiger charge is 2.19. The average molecular weight is 424 g/mol. The van der Waals surface area contributed by atoms with Gasteiger partial charge < -0.3 is 15.6 Å². The number of nitrogens with one attached hydrogen (secondary N) is 3. The first-order valence-electron chi connectivity index (χ1n) is 11.1. The molecule has 30 heavy (non-hydrogen) atoms. The number of para-hydroxylation sites is 1. The number of H-pyrrole nitrogens is 1. The molecule has 3 heterocycles. The fourth-order valence-electron chi connectivity index (χ4n) is 4.17. The lowest BCUT2D eigenvalue weighted by atomic mass is 9.97. The first-order chi connectivity index (χ1) is 14.8. The third-order valence-corrected chi connectivity index (χ3v) is 6.74. The van der Waals surface area contributed by atoms with Crippen LogP contribution < -0.4 is 10.6 Å². The van der Waals surface area contributed by atoms with Gasteiger partial charge in [0.25, 0.3) is 0 Å². The second kappa shape index (κ2) is 10.6. The van der Waals surface area contributed by atoms with Gasteiger partial charge in [0.1, 0.15) is 0 Å². The Labute approximate surface area is 183 Å². The van der Waals surface area contributed by atoms with E-state index in [0.717, 1.165) is 38.6 Å². The maximum atomic E-state index is 4.89. The van der Waals surface area contributed by atoms with Crippen molar-refractivity contribution in [1.82, 2.24) is 20.5 Å². The van der Waals surface area contributed by atoms with Crippen molar-refractivity contribution >= 4 is 28.2 Å². The van der Waals surface area contributed by atoms with Crippen LogP contribution in [0.15, 0.2) is 53.0 Å². The topological polar surface area (TPSA) is 55.5 Å². The Kier molecular flexibility index (Phi) is 7.43. The van der Waals surface area contributed by atoms with Crippen molar-refractivity contribution in [2.24, 2.45) is 10.9 Å². The van der Waals surface area contributed by atoms with E-state index in [2.05, 4.69) is 75.4 Å². The second-order valence-corrected chi connectivity index (χ2v) is 9.09. The molecule has 6 heteroatoms. The molecule has 160 valence electrons. The van der Waals surface area contributed by atoms with Gasteiger partial charge >= 0.3 is 0 Å². The van der Waals surface area contributed by atoms with Gasteiger partial charge in [-0.05, 0) is 68.3 Å². The van der Waals surface area contributed by atoms with Crippen LogP contribution in [0, 0.1) is 5.92 Å². The molecule has 0 spiro atoms. The lowest BCUT2D eigenvalue weighted by molar-refractivity contribution is 0.182. The van der Waals surface area contributed by atoms with Crippen molar-refractivity contribution in [3.8, 4) is 0 Å². The molecule has 0 bridgehead atoms. The Morgan fingerprint density at radius 3 is 2.83 bits per heavy atom. The maximum Gasteiger partial charge on any atom is 0.191 e. The second-order valence-electron chi connectivity index (χ2n) is 8.05. The minimum absolute atomic E-state index is 0.689. The van der Waals surface area contributed by atoms with Gasteiger partial charge in [-0.3, -0.25) is 9.89 Å². The predicted octanol–water partition coefficient (Wildman–Crippen LogP) is 4.24. The highest BCUT2D eigenvalue weighted by atomic mass is 32.1. The van der Waals surface area contributed by atoms with Crippen LogP contribution in [0.3, 0.4) is 0 Å². The third-order valence-electron chi connectivity index (χ3n) is 5.88. The van der Waals surface area contributed by atoms with Crippen molar-refractivity contribution in [2.45, 2.75) is 32.7 Å². The molecule has 0 aliphatic carbocycles. The molecule has 1 aliphatic rings. The summed E-state index contributed by atoms with van der Waals surface area (Å²) >= 11 is 1.86. The van der Waals surface area contributed by atoms with Crippen LogP contribution in [-0.2, 0) is 13.0 Å². The quantitative estimate of drug-likeness (QED) is 0.375. The summed E-state index contributed by atoms with van der Waals surface area (Å²) in [6, 6.07) is 12.9. The highest BCUT2D eigenvalue weighted by molar-refractivity contribution is 7.09. The maximum absolute atomic E-state index is 4.89. The van der Waals surface area contributed by atoms with E-state index in [1.807, 2.05) is 11.3 Å². The Balaban J connectivity index is 1.22. The molecule has 4 rings (SSSR count). The standard InChI is InChI=1S/C24H33N5S/c1-2-25-24(26-12-9-20-17-27-23-8-4-3-7-22(20)23)28-16-19-10-13-29(14-11-19)18-21-6-5-15-30-21/h3-8,15,17,19,27H,2,9-14,16,18H2,1H3,(H2,25,26,28). The summed E-state index contributed by atoms with van der Waals surface area (Å²) in [6.45, 7) is 8.28. The molecule has 5 nitrogen and oxygen atoms in total. The normalized spacial score (nSPS) is 16.2. The number of hydrogen-bond donors (Lipinski definition) is 3. The Morgan fingerprint density at radius 1 is 1.17 bits per heavy atom. The summed E-state index contributed by atoms with van der Waals surface area (Å²) in [5.41, 5.74) is 2.56. The van der Waals surface area contributed by atoms with E-state index in [1.165, 1.54) is 47.3 Å².